The zero-order valence-corrected chi connectivity index (χ0v) is 11.0. The standard InChI is InChI=1S/C13H22N2O2/c1-4-5-11-13(17)15(8-6-10(2)3)9-7-12(16)14-11/h6,11H,4-5,7-9H2,1-3H3,(H,14,16). The fourth-order valence-corrected chi connectivity index (χ4v) is 1.85. The third kappa shape index (κ3) is 4.21. The molecule has 0 spiro atoms. The second-order valence-corrected chi connectivity index (χ2v) is 4.72. The maximum atomic E-state index is 12.2. The Bertz CT molecular complexity index is 319. The van der Waals surface area contributed by atoms with Crippen LogP contribution in [0.25, 0.3) is 0 Å². The molecule has 1 aliphatic rings. The lowest BCUT2D eigenvalue weighted by atomic mass is 10.1. The molecular weight excluding hydrogens is 216 g/mol. The molecule has 1 fully saturated rings. The second-order valence-electron chi connectivity index (χ2n) is 4.72. The van der Waals surface area contributed by atoms with Gasteiger partial charge in [-0.1, -0.05) is 25.0 Å². The van der Waals surface area contributed by atoms with Crippen molar-refractivity contribution in [3.63, 3.8) is 0 Å². The van der Waals surface area contributed by atoms with E-state index >= 15 is 0 Å². The summed E-state index contributed by atoms with van der Waals surface area (Å²) in [4.78, 5) is 25.4. The minimum Gasteiger partial charge on any atom is -0.344 e. The Morgan fingerprint density at radius 2 is 2.18 bits per heavy atom. The van der Waals surface area contributed by atoms with Crippen LogP contribution in [0.5, 0.6) is 0 Å². The summed E-state index contributed by atoms with van der Waals surface area (Å²) in [5.74, 6) is 0.0340. The Morgan fingerprint density at radius 3 is 2.76 bits per heavy atom. The summed E-state index contributed by atoms with van der Waals surface area (Å²) >= 11 is 0. The summed E-state index contributed by atoms with van der Waals surface area (Å²) in [6.45, 7) is 7.17. The van der Waals surface area contributed by atoms with Gasteiger partial charge in [-0.2, -0.15) is 0 Å². The van der Waals surface area contributed by atoms with E-state index in [1.54, 1.807) is 4.90 Å². The lowest BCUT2D eigenvalue weighted by Gasteiger charge is -2.22. The van der Waals surface area contributed by atoms with Crippen molar-refractivity contribution < 1.29 is 9.59 Å². The molecule has 1 heterocycles. The van der Waals surface area contributed by atoms with Crippen molar-refractivity contribution >= 4 is 11.8 Å². The molecular formula is C13H22N2O2. The van der Waals surface area contributed by atoms with Crippen molar-refractivity contribution in [1.82, 2.24) is 10.2 Å². The summed E-state index contributed by atoms with van der Waals surface area (Å²) < 4.78 is 0. The molecule has 17 heavy (non-hydrogen) atoms. The smallest absolute Gasteiger partial charge is 0.245 e. The van der Waals surface area contributed by atoms with Crippen molar-refractivity contribution in [1.29, 1.82) is 0 Å². The molecule has 0 aromatic carbocycles. The van der Waals surface area contributed by atoms with Gasteiger partial charge in [-0.3, -0.25) is 9.59 Å². The number of carbonyl (C=O) groups excluding carboxylic acids is 2. The number of allylic oxidation sites excluding steroid dienone is 1. The van der Waals surface area contributed by atoms with Gasteiger partial charge in [0.2, 0.25) is 11.8 Å². The average molecular weight is 238 g/mol. The molecule has 0 saturated carbocycles. The molecule has 1 aliphatic heterocycles. The summed E-state index contributed by atoms with van der Waals surface area (Å²) in [7, 11) is 0. The first-order valence-electron chi connectivity index (χ1n) is 6.26. The minimum atomic E-state index is -0.333. The van der Waals surface area contributed by atoms with E-state index in [1.165, 1.54) is 5.57 Å². The predicted octanol–water partition coefficient (Wildman–Crippen LogP) is 1.47. The summed E-state index contributed by atoms with van der Waals surface area (Å²) in [5.41, 5.74) is 1.19. The first kappa shape index (κ1) is 13.7. The van der Waals surface area contributed by atoms with E-state index in [-0.39, 0.29) is 17.9 Å². The fourth-order valence-electron chi connectivity index (χ4n) is 1.85. The van der Waals surface area contributed by atoms with Gasteiger partial charge in [-0.15, -0.1) is 0 Å². The van der Waals surface area contributed by atoms with Crippen LogP contribution in [0.15, 0.2) is 11.6 Å². The molecule has 1 saturated heterocycles. The van der Waals surface area contributed by atoms with Crippen LogP contribution in [0.4, 0.5) is 0 Å². The Hall–Kier alpha value is -1.32. The highest BCUT2D eigenvalue weighted by Gasteiger charge is 2.28. The van der Waals surface area contributed by atoms with E-state index in [4.69, 9.17) is 0 Å². The van der Waals surface area contributed by atoms with E-state index in [0.717, 1.165) is 12.8 Å². The molecule has 1 rings (SSSR count). The normalized spacial score (nSPS) is 20.9. The van der Waals surface area contributed by atoms with Gasteiger partial charge in [-0.05, 0) is 20.3 Å². The number of amides is 2. The maximum Gasteiger partial charge on any atom is 0.245 e. The van der Waals surface area contributed by atoms with Crippen LogP contribution in [0, 0.1) is 0 Å². The first-order chi connectivity index (χ1) is 8.04. The van der Waals surface area contributed by atoms with Crippen LogP contribution in [0.1, 0.15) is 40.0 Å². The number of hydrogen-bond acceptors (Lipinski definition) is 2. The molecule has 1 unspecified atom stereocenters. The van der Waals surface area contributed by atoms with Crippen LogP contribution in [-0.4, -0.2) is 35.8 Å². The van der Waals surface area contributed by atoms with Crippen molar-refractivity contribution in [3.8, 4) is 0 Å². The Labute approximate surface area is 103 Å². The molecule has 1 atom stereocenters. The van der Waals surface area contributed by atoms with Gasteiger partial charge in [0.15, 0.2) is 0 Å². The second kappa shape index (κ2) is 6.42. The average Bonchev–Trinajstić information content (AvgIpc) is 2.39. The summed E-state index contributed by atoms with van der Waals surface area (Å²) in [6, 6.07) is -0.333. The Morgan fingerprint density at radius 1 is 1.47 bits per heavy atom. The molecule has 1 N–H and O–H groups in total. The highest BCUT2D eigenvalue weighted by Crippen LogP contribution is 2.08. The van der Waals surface area contributed by atoms with Gasteiger partial charge in [0.05, 0.1) is 0 Å². The third-order valence-electron chi connectivity index (χ3n) is 2.85. The Kier molecular flexibility index (Phi) is 5.19. The molecule has 0 aromatic heterocycles. The van der Waals surface area contributed by atoms with Crippen LogP contribution >= 0.6 is 0 Å². The summed E-state index contributed by atoms with van der Waals surface area (Å²) in [5, 5.41) is 2.80. The SMILES string of the molecule is CCCC1NC(=O)CCN(CC=C(C)C)C1=O. The number of rotatable bonds is 4. The number of hydrogen-bond donors (Lipinski definition) is 1. The first-order valence-corrected chi connectivity index (χ1v) is 6.26. The number of nitrogens with zero attached hydrogens (tertiary/aromatic N) is 1. The molecule has 0 aliphatic carbocycles. The van der Waals surface area contributed by atoms with Gasteiger partial charge in [0.25, 0.3) is 0 Å². The van der Waals surface area contributed by atoms with Gasteiger partial charge in [0, 0.05) is 19.5 Å². The molecule has 4 nitrogen and oxygen atoms in total. The topological polar surface area (TPSA) is 49.4 Å². The molecule has 0 aromatic rings. The van der Waals surface area contributed by atoms with E-state index in [9.17, 15) is 9.59 Å². The number of carbonyl (C=O) groups is 2. The van der Waals surface area contributed by atoms with Crippen molar-refractivity contribution in [3.05, 3.63) is 11.6 Å². The van der Waals surface area contributed by atoms with Crippen LogP contribution in [-0.2, 0) is 9.59 Å². The fraction of sp³-hybridized carbons (Fsp3) is 0.692. The molecule has 96 valence electrons. The monoisotopic (exact) mass is 238 g/mol. The number of nitrogens with one attached hydrogen (secondary N) is 1. The van der Waals surface area contributed by atoms with Crippen molar-refractivity contribution in [2.75, 3.05) is 13.1 Å². The highest BCUT2D eigenvalue weighted by atomic mass is 16.2. The lowest BCUT2D eigenvalue weighted by Crippen LogP contribution is -2.44. The minimum absolute atomic E-state index is 0.0171. The quantitative estimate of drug-likeness (QED) is 0.754. The van der Waals surface area contributed by atoms with Gasteiger partial charge >= 0.3 is 0 Å². The lowest BCUT2D eigenvalue weighted by molar-refractivity contribution is -0.133. The zero-order valence-electron chi connectivity index (χ0n) is 11.0. The molecule has 4 heteroatoms. The van der Waals surface area contributed by atoms with E-state index < -0.39 is 0 Å². The Balaban J connectivity index is 2.72. The van der Waals surface area contributed by atoms with E-state index in [2.05, 4.69) is 5.32 Å². The highest BCUT2D eigenvalue weighted by molar-refractivity contribution is 5.90. The van der Waals surface area contributed by atoms with Gasteiger partial charge < -0.3 is 10.2 Å². The third-order valence-corrected chi connectivity index (χ3v) is 2.85. The predicted molar refractivity (Wildman–Crippen MR) is 67.5 cm³/mol. The maximum absolute atomic E-state index is 12.2. The molecule has 0 radical (unpaired) electrons. The molecule has 2 amide bonds. The van der Waals surface area contributed by atoms with Crippen molar-refractivity contribution in [2.24, 2.45) is 0 Å². The van der Waals surface area contributed by atoms with E-state index in [1.807, 2.05) is 26.8 Å². The van der Waals surface area contributed by atoms with Crippen LogP contribution < -0.4 is 5.32 Å². The van der Waals surface area contributed by atoms with Gasteiger partial charge in [0.1, 0.15) is 6.04 Å². The summed E-state index contributed by atoms with van der Waals surface area (Å²) in [6.07, 6.45) is 4.04. The van der Waals surface area contributed by atoms with Crippen molar-refractivity contribution in [2.45, 2.75) is 46.1 Å². The molecule has 0 bridgehead atoms. The largest absolute Gasteiger partial charge is 0.344 e. The zero-order chi connectivity index (χ0) is 12.8. The van der Waals surface area contributed by atoms with E-state index in [0.29, 0.717) is 19.5 Å². The van der Waals surface area contributed by atoms with Gasteiger partial charge in [-0.25, -0.2) is 0 Å². The van der Waals surface area contributed by atoms with Crippen LogP contribution in [0.2, 0.25) is 0 Å². The van der Waals surface area contributed by atoms with Crippen LogP contribution in [0.3, 0.4) is 0 Å².